The lowest BCUT2D eigenvalue weighted by molar-refractivity contribution is -0.572. The Bertz CT molecular complexity index is 1020. The minimum atomic E-state index is -1.41. The zero-order chi connectivity index (χ0) is 22.8. The summed E-state index contributed by atoms with van der Waals surface area (Å²) in [7, 11) is 0. The summed E-state index contributed by atoms with van der Waals surface area (Å²) < 4.78 is 16.2. The summed E-state index contributed by atoms with van der Waals surface area (Å²) in [5.41, 5.74) is 1.14. The average molecular weight is 455 g/mol. The second-order valence-corrected chi connectivity index (χ2v) is 7.74. The lowest BCUT2D eigenvalue weighted by Gasteiger charge is -2.26. The Balaban J connectivity index is 1.85. The fourth-order valence-electron chi connectivity index (χ4n) is 3.08. The highest BCUT2D eigenvalue weighted by molar-refractivity contribution is 6.30. The molecule has 2 aromatic carbocycles. The number of nitrogens with zero attached hydrogens (tertiary/aromatic N) is 2. The van der Waals surface area contributed by atoms with Crippen LogP contribution in [0.4, 0.5) is 0 Å². The second-order valence-electron chi connectivity index (χ2n) is 7.30. The number of ether oxygens (including phenoxy) is 3. The quantitative estimate of drug-likeness (QED) is 0.223. The highest BCUT2D eigenvalue weighted by Crippen LogP contribution is 2.26. The van der Waals surface area contributed by atoms with Gasteiger partial charge >= 0.3 is 0 Å². The number of benzene rings is 2. The van der Waals surface area contributed by atoms with Crippen LogP contribution in [0.15, 0.2) is 48.5 Å². The number of halogens is 1. The van der Waals surface area contributed by atoms with E-state index in [0.29, 0.717) is 30.2 Å². The summed E-state index contributed by atoms with van der Waals surface area (Å²) in [6.07, 6.45) is 8.11. The first-order valence-corrected chi connectivity index (χ1v) is 10.5. The van der Waals surface area contributed by atoms with E-state index in [1.807, 2.05) is 54.6 Å². The first-order valence-electron chi connectivity index (χ1n) is 10.1. The van der Waals surface area contributed by atoms with E-state index in [-0.39, 0.29) is 24.9 Å². The van der Waals surface area contributed by atoms with E-state index in [4.69, 9.17) is 31.1 Å². The van der Waals surface area contributed by atoms with Crippen LogP contribution in [0.5, 0.6) is 5.75 Å². The molecule has 8 heteroatoms. The summed E-state index contributed by atoms with van der Waals surface area (Å²) in [6.45, 7) is 0.393. The number of nitro groups is 1. The predicted octanol–water partition coefficient (Wildman–Crippen LogP) is 5.23. The summed E-state index contributed by atoms with van der Waals surface area (Å²) in [4.78, 5) is 11.2. The molecule has 0 spiro atoms. The number of hydrogen-bond acceptors (Lipinski definition) is 6. The van der Waals surface area contributed by atoms with Crippen molar-refractivity contribution in [2.75, 3.05) is 26.6 Å². The molecule has 166 valence electrons. The van der Waals surface area contributed by atoms with E-state index < -0.39 is 5.54 Å². The summed E-state index contributed by atoms with van der Waals surface area (Å²) in [5, 5.41) is 21.0. The largest absolute Gasteiger partial charge is 0.493 e. The molecule has 1 aliphatic heterocycles. The Morgan fingerprint density at radius 1 is 1.12 bits per heavy atom. The van der Waals surface area contributed by atoms with Gasteiger partial charge in [0.1, 0.15) is 25.8 Å². The SMILES string of the molecule is N#CCCCOc1ccc(/C=C/C2([N+](=O)[O-])COCOC2)cc1/C=C/c1ccc(Cl)cc1. The van der Waals surface area contributed by atoms with E-state index >= 15 is 0 Å². The molecule has 1 saturated heterocycles. The van der Waals surface area contributed by atoms with Crippen LogP contribution in [-0.4, -0.2) is 37.1 Å². The van der Waals surface area contributed by atoms with Crippen LogP contribution in [0.1, 0.15) is 29.5 Å². The van der Waals surface area contributed by atoms with Gasteiger partial charge in [0.15, 0.2) is 0 Å². The molecule has 0 radical (unpaired) electrons. The predicted molar refractivity (Wildman–Crippen MR) is 123 cm³/mol. The van der Waals surface area contributed by atoms with E-state index in [1.54, 1.807) is 6.08 Å². The monoisotopic (exact) mass is 454 g/mol. The zero-order valence-corrected chi connectivity index (χ0v) is 18.2. The third kappa shape index (κ3) is 6.41. The second kappa shape index (κ2) is 11.4. The van der Waals surface area contributed by atoms with E-state index in [9.17, 15) is 10.1 Å². The normalized spacial score (nSPS) is 15.6. The van der Waals surface area contributed by atoms with Crippen LogP contribution in [0.3, 0.4) is 0 Å². The van der Waals surface area contributed by atoms with Crippen molar-refractivity contribution >= 4 is 29.8 Å². The highest BCUT2D eigenvalue weighted by atomic mass is 35.5. The Morgan fingerprint density at radius 3 is 2.53 bits per heavy atom. The molecule has 3 rings (SSSR count). The molecule has 0 saturated carbocycles. The van der Waals surface area contributed by atoms with Crippen molar-refractivity contribution in [3.8, 4) is 11.8 Å². The highest BCUT2D eigenvalue weighted by Gasteiger charge is 2.43. The maximum absolute atomic E-state index is 11.6. The third-order valence-electron chi connectivity index (χ3n) is 4.87. The number of unbranched alkanes of at least 4 members (excludes halogenated alkanes) is 1. The molecular weight excluding hydrogens is 432 g/mol. The zero-order valence-electron chi connectivity index (χ0n) is 17.4. The smallest absolute Gasteiger partial charge is 0.286 e. The van der Waals surface area contributed by atoms with Crippen molar-refractivity contribution in [1.82, 2.24) is 0 Å². The fourth-order valence-corrected chi connectivity index (χ4v) is 3.20. The first-order chi connectivity index (χ1) is 15.5. The maximum Gasteiger partial charge on any atom is 0.286 e. The summed E-state index contributed by atoms with van der Waals surface area (Å²) in [5.74, 6) is 0.665. The van der Waals surface area contributed by atoms with Gasteiger partial charge in [-0.15, -0.1) is 0 Å². The number of hydrogen-bond donors (Lipinski definition) is 0. The molecular formula is C24H23ClN2O5. The third-order valence-corrected chi connectivity index (χ3v) is 5.12. The Hall–Kier alpha value is -3.18. The van der Waals surface area contributed by atoms with E-state index in [0.717, 1.165) is 16.7 Å². The van der Waals surface area contributed by atoms with E-state index in [2.05, 4.69) is 6.07 Å². The Kier molecular flexibility index (Phi) is 8.40. The van der Waals surface area contributed by atoms with Crippen LogP contribution in [-0.2, 0) is 9.47 Å². The molecule has 0 unspecified atom stereocenters. The molecule has 0 atom stereocenters. The van der Waals surface area contributed by atoms with Gasteiger partial charge in [-0.3, -0.25) is 10.1 Å². The van der Waals surface area contributed by atoms with Gasteiger partial charge in [0.25, 0.3) is 5.54 Å². The van der Waals surface area contributed by atoms with Gasteiger partial charge in [0.05, 0.1) is 12.7 Å². The van der Waals surface area contributed by atoms with Crippen LogP contribution in [0.25, 0.3) is 18.2 Å². The van der Waals surface area contributed by atoms with Gasteiger partial charge in [-0.05, 0) is 47.9 Å². The molecule has 0 N–H and O–H groups in total. The molecule has 1 heterocycles. The standard InChI is InChI=1S/C24H23ClN2O5/c25-22-8-4-19(5-9-22)3-7-21-15-20(6-10-23(21)32-14-2-1-13-26)11-12-24(27(28)29)16-30-18-31-17-24/h3-12,15H,1-2,14,16-18H2/b7-3+,12-11+. The Morgan fingerprint density at radius 2 is 1.84 bits per heavy atom. The molecule has 1 fully saturated rings. The van der Waals surface area contributed by atoms with Gasteiger partial charge in [0, 0.05) is 21.9 Å². The molecule has 0 aromatic heterocycles. The van der Waals surface area contributed by atoms with Crippen molar-refractivity contribution in [3.63, 3.8) is 0 Å². The van der Waals surface area contributed by atoms with Crippen molar-refractivity contribution in [3.05, 3.63) is 80.4 Å². The number of rotatable bonds is 9. The lowest BCUT2D eigenvalue weighted by atomic mass is 9.99. The average Bonchev–Trinajstić information content (AvgIpc) is 2.81. The van der Waals surface area contributed by atoms with Crippen molar-refractivity contribution in [2.45, 2.75) is 18.4 Å². The molecule has 0 amide bonds. The van der Waals surface area contributed by atoms with Crippen LogP contribution < -0.4 is 4.74 Å². The molecule has 1 aliphatic rings. The molecule has 0 aliphatic carbocycles. The molecule has 7 nitrogen and oxygen atoms in total. The van der Waals surface area contributed by atoms with Gasteiger partial charge in [-0.2, -0.15) is 5.26 Å². The summed E-state index contributed by atoms with van der Waals surface area (Å²) in [6, 6.07) is 15.1. The van der Waals surface area contributed by atoms with Crippen molar-refractivity contribution in [1.29, 1.82) is 5.26 Å². The van der Waals surface area contributed by atoms with Crippen LogP contribution >= 0.6 is 11.6 Å². The summed E-state index contributed by atoms with van der Waals surface area (Å²) >= 11 is 5.95. The van der Waals surface area contributed by atoms with Crippen molar-refractivity contribution in [2.24, 2.45) is 0 Å². The minimum Gasteiger partial charge on any atom is -0.493 e. The maximum atomic E-state index is 11.6. The Labute approximate surface area is 191 Å². The van der Waals surface area contributed by atoms with Gasteiger partial charge in [-0.1, -0.05) is 48.0 Å². The first kappa shape index (κ1) is 23.5. The topological polar surface area (TPSA) is 94.6 Å². The molecule has 2 aromatic rings. The van der Waals surface area contributed by atoms with Gasteiger partial charge in [-0.25, -0.2) is 0 Å². The van der Waals surface area contributed by atoms with Crippen molar-refractivity contribution < 1.29 is 19.1 Å². The molecule has 32 heavy (non-hydrogen) atoms. The lowest BCUT2D eigenvalue weighted by Crippen LogP contribution is -2.49. The van der Waals surface area contributed by atoms with Gasteiger partial charge < -0.3 is 14.2 Å². The van der Waals surface area contributed by atoms with Crippen LogP contribution in [0, 0.1) is 21.4 Å². The van der Waals surface area contributed by atoms with Crippen LogP contribution in [0.2, 0.25) is 5.02 Å². The number of nitriles is 1. The molecule has 0 bridgehead atoms. The van der Waals surface area contributed by atoms with E-state index in [1.165, 1.54) is 6.08 Å². The fraction of sp³-hybridized carbons (Fsp3) is 0.292. The van der Waals surface area contributed by atoms with Gasteiger partial charge in [0.2, 0.25) is 0 Å². The minimum absolute atomic E-state index is 0.0418.